The van der Waals surface area contributed by atoms with E-state index in [9.17, 15) is 4.79 Å². The summed E-state index contributed by atoms with van der Waals surface area (Å²) < 4.78 is 0. The van der Waals surface area contributed by atoms with Crippen LogP contribution >= 0.6 is 0 Å². The maximum atomic E-state index is 12.2. The number of benzene rings is 1. The molecule has 0 radical (unpaired) electrons. The number of rotatable bonds is 5. The molecule has 1 rings (SSSR count). The predicted molar refractivity (Wildman–Crippen MR) is 76.7 cm³/mol. The molecule has 4 nitrogen and oxygen atoms in total. The minimum Gasteiger partial charge on any atom is -0.396 e. The fraction of sp³-hybridized carbons (Fsp3) is 0.533. The van der Waals surface area contributed by atoms with Gasteiger partial charge in [-0.05, 0) is 29.5 Å². The molecule has 4 heteroatoms. The Morgan fingerprint density at radius 3 is 2.32 bits per heavy atom. The monoisotopic (exact) mass is 264 g/mol. The lowest BCUT2D eigenvalue weighted by atomic mass is 9.84. The molecule has 0 aliphatic heterocycles. The smallest absolute Gasteiger partial charge is 0.251 e. The minimum atomic E-state index is -0.114. The Bertz CT molecular complexity index is 407. The van der Waals surface area contributed by atoms with Gasteiger partial charge in [0.1, 0.15) is 0 Å². The van der Waals surface area contributed by atoms with Crippen LogP contribution in [0.1, 0.15) is 43.1 Å². The highest BCUT2D eigenvalue weighted by molar-refractivity contribution is 5.94. The summed E-state index contributed by atoms with van der Waals surface area (Å²) in [6.45, 7) is 6.67. The van der Waals surface area contributed by atoms with E-state index in [1.165, 1.54) is 0 Å². The maximum Gasteiger partial charge on any atom is 0.251 e. The summed E-state index contributed by atoms with van der Waals surface area (Å²) in [7, 11) is 0. The van der Waals surface area contributed by atoms with Crippen molar-refractivity contribution in [3.8, 4) is 0 Å². The zero-order valence-corrected chi connectivity index (χ0v) is 11.9. The molecule has 0 saturated heterocycles. The molecule has 0 aromatic heterocycles. The first-order valence-electron chi connectivity index (χ1n) is 6.59. The van der Waals surface area contributed by atoms with E-state index >= 15 is 0 Å². The first-order valence-corrected chi connectivity index (χ1v) is 6.59. The van der Waals surface area contributed by atoms with Gasteiger partial charge in [0.05, 0.1) is 0 Å². The number of hydrogen-bond acceptors (Lipinski definition) is 3. The molecule has 0 spiro atoms. The molecule has 0 saturated carbocycles. The molecule has 19 heavy (non-hydrogen) atoms. The second-order valence-corrected chi connectivity index (χ2v) is 5.81. The summed E-state index contributed by atoms with van der Waals surface area (Å²) in [4.78, 5) is 12.2. The van der Waals surface area contributed by atoms with Gasteiger partial charge in [-0.15, -0.1) is 0 Å². The quantitative estimate of drug-likeness (QED) is 0.757. The van der Waals surface area contributed by atoms with Crippen LogP contribution in [0.3, 0.4) is 0 Å². The van der Waals surface area contributed by atoms with Gasteiger partial charge in [-0.1, -0.05) is 32.9 Å². The van der Waals surface area contributed by atoms with E-state index in [1.54, 1.807) is 12.1 Å². The zero-order valence-electron chi connectivity index (χ0n) is 11.9. The summed E-state index contributed by atoms with van der Waals surface area (Å²) in [5, 5.41) is 12.1. The third-order valence-electron chi connectivity index (χ3n) is 3.22. The van der Waals surface area contributed by atoms with Gasteiger partial charge in [-0.2, -0.15) is 0 Å². The first-order chi connectivity index (χ1) is 8.88. The molecule has 0 heterocycles. The number of hydrogen-bond donors (Lipinski definition) is 3. The van der Waals surface area contributed by atoms with Crippen LogP contribution in [0.5, 0.6) is 0 Å². The number of aliphatic hydroxyl groups is 1. The van der Waals surface area contributed by atoms with Gasteiger partial charge in [0.15, 0.2) is 0 Å². The van der Waals surface area contributed by atoms with Crippen molar-refractivity contribution in [2.75, 3.05) is 6.61 Å². The number of aliphatic hydroxyl groups excluding tert-OH is 1. The van der Waals surface area contributed by atoms with Gasteiger partial charge in [0, 0.05) is 24.8 Å². The number of amides is 1. The van der Waals surface area contributed by atoms with Crippen molar-refractivity contribution in [1.29, 1.82) is 0 Å². The molecule has 1 unspecified atom stereocenters. The Hall–Kier alpha value is -1.39. The highest BCUT2D eigenvalue weighted by atomic mass is 16.3. The molecule has 0 aliphatic carbocycles. The van der Waals surface area contributed by atoms with Crippen molar-refractivity contribution < 1.29 is 9.90 Å². The van der Waals surface area contributed by atoms with Gasteiger partial charge in [0.25, 0.3) is 5.91 Å². The normalized spacial score (nSPS) is 13.1. The Labute approximate surface area is 115 Å². The van der Waals surface area contributed by atoms with E-state index in [0.29, 0.717) is 18.5 Å². The summed E-state index contributed by atoms with van der Waals surface area (Å²) in [6.07, 6.45) is 0.552. The second-order valence-electron chi connectivity index (χ2n) is 5.81. The second kappa shape index (κ2) is 6.68. The zero-order chi connectivity index (χ0) is 14.5. The lowest BCUT2D eigenvalue weighted by Gasteiger charge is -2.31. The minimum absolute atomic E-state index is 0.0563. The molecule has 4 N–H and O–H groups in total. The van der Waals surface area contributed by atoms with Crippen LogP contribution in [0.15, 0.2) is 24.3 Å². The number of carbonyl (C=O) groups excluding carboxylic acids is 1. The van der Waals surface area contributed by atoms with E-state index < -0.39 is 0 Å². The lowest BCUT2D eigenvalue weighted by Crippen LogP contribution is -2.44. The van der Waals surface area contributed by atoms with Gasteiger partial charge in [0.2, 0.25) is 0 Å². The van der Waals surface area contributed by atoms with Gasteiger partial charge in [-0.3, -0.25) is 4.79 Å². The van der Waals surface area contributed by atoms with Crippen LogP contribution in [-0.4, -0.2) is 23.7 Å². The maximum absolute atomic E-state index is 12.2. The van der Waals surface area contributed by atoms with Crippen molar-refractivity contribution >= 4 is 5.91 Å². The third kappa shape index (κ3) is 4.65. The van der Waals surface area contributed by atoms with Crippen LogP contribution in [0.2, 0.25) is 0 Å². The molecule has 1 atom stereocenters. The third-order valence-corrected chi connectivity index (χ3v) is 3.22. The van der Waals surface area contributed by atoms with Crippen LogP contribution < -0.4 is 11.1 Å². The van der Waals surface area contributed by atoms with Crippen molar-refractivity contribution in [3.63, 3.8) is 0 Å². The molecule has 1 aromatic carbocycles. The van der Waals surface area contributed by atoms with Crippen LogP contribution in [0.4, 0.5) is 0 Å². The molecular formula is C15H24N2O2. The number of carbonyl (C=O) groups is 1. The van der Waals surface area contributed by atoms with E-state index in [4.69, 9.17) is 10.8 Å². The van der Waals surface area contributed by atoms with Crippen LogP contribution in [0, 0.1) is 5.41 Å². The Morgan fingerprint density at radius 1 is 1.32 bits per heavy atom. The largest absolute Gasteiger partial charge is 0.396 e. The number of nitrogens with one attached hydrogen (secondary N) is 1. The Balaban J connectivity index is 2.75. The van der Waals surface area contributed by atoms with Crippen LogP contribution in [0.25, 0.3) is 0 Å². The van der Waals surface area contributed by atoms with E-state index in [2.05, 4.69) is 5.32 Å². The highest BCUT2D eigenvalue weighted by Gasteiger charge is 2.25. The van der Waals surface area contributed by atoms with Crippen molar-refractivity contribution in [1.82, 2.24) is 5.32 Å². The molecule has 0 fully saturated rings. The van der Waals surface area contributed by atoms with Crippen molar-refractivity contribution in [2.45, 2.75) is 39.8 Å². The lowest BCUT2D eigenvalue weighted by molar-refractivity contribution is 0.0885. The fourth-order valence-corrected chi connectivity index (χ4v) is 1.88. The van der Waals surface area contributed by atoms with Crippen LogP contribution in [-0.2, 0) is 6.54 Å². The topological polar surface area (TPSA) is 75.3 Å². The standard InChI is InChI=1S/C15H24N2O2/c1-15(2,3)13(8-9-18)17-14(19)12-6-4-11(10-16)5-7-12/h4-7,13,18H,8-10,16H2,1-3H3,(H,17,19). The van der Waals surface area contributed by atoms with Gasteiger partial charge >= 0.3 is 0 Å². The summed E-state index contributed by atoms with van der Waals surface area (Å²) in [5.74, 6) is -0.114. The Kier molecular flexibility index (Phi) is 5.51. The SMILES string of the molecule is CC(C)(C)C(CCO)NC(=O)c1ccc(CN)cc1. The summed E-state index contributed by atoms with van der Waals surface area (Å²) in [6, 6.07) is 7.20. The highest BCUT2D eigenvalue weighted by Crippen LogP contribution is 2.22. The number of nitrogens with two attached hydrogens (primary N) is 1. The van der Waals surface area contributed by atoms with Crippen molar-refractivity contribution in [3.05, 3.63) is 35.4 Å². The molecular weight excluding hydrogens is 240 g/mol. The molecule has 1 aromatic rings. The van der Waals surface area contributed by atoms with E-state index in [0.717, 1.165) is 5.56 Å². The van der Waals surface area contributed by atoms with Gasteiger partial charge < -0.3 is 16.2 Å². The molecule has 0 bridgehead atoms. The molecule has 106 valence electrons. The van der Waals surface area contributed by atoms with E-state index in [1.807, 2.05) is 32.9 Å². The molecule has 1 amide bonds. The molecule has 0 aliphatic rings. The predicted octanol–water partition coefficient (Wildman–Crippen LogP) is 1.67. The Morgan fingerprint density at radius 2 is 1.89 bits per heavy atom. The first kappa shape index (κ1) is 15.7. The van der Waals surface area contributed by atoms with Crippen molar-refractivity contribution in [2.24, 2.45) is 11.1 Å². The average molecular weight is 264 g/mol. The summed E-state index contributed by atoms with van der Waals surface area (Å²) >= 11 is 0. The average Bonchev–Trinajstić information content (AvgIpc) is 2.37. The fourth-order valence-electron chi connectivity index (χ4n) is 1.88. The van der Waals surface area contributed by atoms with E-state index in [-0.39, 0.29) is 24.0 Å². The van der Waals surface area contributed by atoms with Gasteiger partial charge in [-0.25, -0.2) is 0 Å². The summed E-state index contributed by atoms with van der Waals surface area (Å²) in [5.41, 5.74) is 7.05.